The van der Waals surface area contributed by atoms with Crippen molar-refractivity contribution in [1.29, 1.82) is 0 Å². The Balaban J connectivity index is 1.33. The van der Waals surface area contributed by atoms with Gasteiger partial charge in [0.05, 0.1) is 11.4 Å². The highest BCUT2D eigenvalue weighted by atomic mass is 16.5. The second kappa shape index (κ2) is 11.8. The molecule has 0 unspecified atom stereocenters. The third-order valence-corrected chi connectivity index (χ3v) is 9.28. The summed E-state index contributed by atoms with van der Waals surface area (Å²) in [7, 11) is 0. The van der Waals surface area contributed by atoms with Gasteiger partial charge in [-0.2, -0.15) is 0 Å². The van der Waals surface area contributed by atoms with Gasteiger partial charge in [0.1, 0.15) is 5.75 Å². The topological polar surface area (TPSA) is 12.5 Å². The number of anilines is 3. The van der Waals surface area contributed by atoms with Crippen molar-refractivity contribution >= 4 is 27.8 Å². The maximum Gasteiger partial charge on any atom is 0.159 e. The first-order chi connectivity index (χ1) is 23.8. The minimum atomic E-state index is 0.821. The normalized spacial score (nSPS) is 11.5. The summed E-state index contributed by atoms with van der Waals surface area (Å²) in [4.78, 5) is 2.35. The van der Waals surface area contributed by atoms with Gasteiger partial charge in [-0.05, 0) is 68.9 Å². The molecule has 0 spiro atoms. The number of nitrogens with zero attached hydrogens (tertiary/aromatic N) is 1. The van der Waals surface area contributed by atoms with Gasteiger partial charge in [0.2, 0.25) is 0 Å². The monoisotopic (exact) mass is 613 g/mol. The van der Waals surface area contributed by atoms with Gasteiger partial charge in [0.15, 0.2) is 5.75 Å². The summed E-state index contributed by atoms with van der Waals surface area (Å²) in [5, 5.41) is 2.44. The minimum Gasteiger partial charge on any atom is -0.454 e. The Labute approximate surface area is 280 Å². The van der Waals surface area contributed by atoms with E-state index in [1.807, 2.05) is 0 Å². The van der Waals surface area contributed by atoms with Crippen molar-refractivity contribution in [3.05, 3.63) is 188 Å². The van der Waals surface area contributed by atoms with Crippen LogP contribution in [0.1, 0.15) is 0 Å². The van der Waals surface area contributed by atoms with Gasteiger partial charge in [-0.15, -0.1) is 0 Å². The number of ether oxygens (including phenoxy) is 1. The summed E-state index contributed by atoms with van der Waals surface area (Å²) < 4.78 is 7.12. The highest BCUT2D eigenvalue weighted by Gasteiger charge is 2.26. The third kappa shape index (κ3) is 4.74. The largest absolute Gasteiger partial charge is 0.454 e. The minimum absolute atomic E-state index is 0.821. The van der Waals surface area contributed by atoms with E-state index in [2.05, 4.69) is 193 Å². The Morgan fingerprint density at radius 1 is 0.333 bits per heavy atom. The molecular weight excluding hydrogens is 583 g/mol. The van der Waals surface area contributed by atoms with Crippen LogP contribution in [0.4, 0.5) is 17.1 Å². The van der Waals surface area contributed by atoms with Gasteiger partial charge in [-0.25, -0.2) is 0 Å². The van der Waals surface area contributed by atoms with Crippen molar-refractivity contribution in [3.8, 4) is 56.0 Å². The first-order valence-corrected chi connectivity index (χ1v) is 16.4. The molecule has 0 aliphatic carbocycles. The lowest BCUT2D eigenvalue weighted by Crippen LogP contribution is -2.13. The first kappa shape index (κ1) is 27.9. The molecule has 2 nitrogen and oxygen atoms in total. The fourth-order valence-corrected chi connectivity index (χ4v) is 7.07. The van der Waals surface area contributed by atoms with Crippen LogP contribution in [0.15, 0.2) is 188 Å². The molecule has 0 radical (unpaired) electrons. The molecule has 0 aromatic heterocycles. The molecule has 9 rings (SSSR count). The Bertz CT molecular complexity index is 2410. The van der Waals surface area contributed by atoms with Crippen LogP contribution in [-0.2, 0) is 0 Å². The van der Waals surface area contributed by atoms with Gasteiger partial charge < -0.3 is 9.64 Å². The molecule has 0 bridgehead atoms. The predicted molar refractivity (Wildman–Crippen MR) is 200 cm³/mol. The summed E-state index contributed by atoms with van der Waals surface area (Å²) in [5.74, 6) is 1.66. The van der Waals surface area contributed by atoms with Crippen LogP contribution in [0.3, 0.4) is 0 Å². The van der Waals surface area contributed by atoms with Crippen molar-refractivity contribution in [3.63, 3.8) is 0 Å². The van der Waals surface area contributed by atoms with E-state index >= 15 is 0 Å². The summed E-state index contributed by atoms with van der Waals surface area (Å²) in [5.41, 5.74) is 12.2. The number of rotatable bonds is 5. The smallest absolute Gasteiger partial charge is 0.159 e. The molecule has 8 aromatic rings. The molecule has 226 valence electrons. The van der Waals surface area contributed by atoms with Gasteiger partial charge in [0.25, 0.3) is 0 Å². The fraction of sp³-hybridized carbons (Fsp3) is 0. The number of hydrogen-bond acceptors (Lipinski definition) is 2. The lowest BCUT2D eigenvalue weighted by atomic mass is 9.89. The van der Waals surface area contributed by atoms with E-state index in [9.17, 15) is 0 Å². The molecule has 0 amide bonds. The van der Waals surface area contributed by atoms with Crippen LogP contribution < -0.4 is 9.64 Å². The van der Waals surface area contributed by atoms with Crippen molar-refractivity contribution in [2.75, 3.05) is 4.90 Å². The molecule has 8 aromatic carbocycles. The molecule has 1 heterocycles. The average molecular weight is 614 g/mol. The van der Waals surface area contributed by atoms with E-state index in [4.69, 9.17) is 4.74 Å². The fourth-order valence-electron chi connectivity index (χ4n) is 7.07. The van der Waals surface area contributed by atoms with E-state index in [0.717, 1.165) is 56.4 Å². The predicted octanol–water partition coefficient (Wildman–Crippen LogP) is 13.1. The van der Waals surface area contributed by atoms with Gasteiger partial charge in [0, 0.05) is 22.4 Å². The van der Waals surface area contributed by atoms with E-state index in [-0.39, 0.29) is 0 Å². The van der Waals surface area contributed by atoms with Crippen LogP contribution in [0.2, 0.25) is 0 Å². The summed E-state index contributed by atoms with van der Waals surface area (Å²) in [6.45, 7) is 0. The second-order valence-corrected chi connectivity index (χ2v) is 12.1. The molecule has 1 aliphatic rings. The summed E-state index contributed by atoms with van der Waals surface area (Å²) in [6.07, 6.45) is 0. The number of hydrogen-bond donors (Lipinski definition) is 0. The molecule has 0 saturated heterocycles. The van der Waals surface area contributed by atoms with Crippen LogP contribution in [0.5, 0.6) is 11.5 Å². The molecule has 0 atom stereocenters. The summed E-state index contributed by atoms with van der Waals surface area (Å²) >= 11 is 0. The number of benzene rings is 8. The van der Waals surface area contributed by atoms with Gasteiger partial charge >= 0.3 is 0 Å². The van der Waals surface area contributed by atoms with Crippen LogP contribution in [-0.4, -0.2) is 0 Å². The van der Waals surface area contributed by atoms with Gasteiger partial charge in [-0.3, -0.25) is 0 Å². The lowest BCUT2D eigenvalue weighted by Gasteiger charge is -2.31. The highest BCUT2D eigenvalue weighted by Crippen LogP contribution is 2.53. The zero-order valence-corrected chi connectivity index (χ0v) is 26.3. The second-order valence-electron chi connectivity index (χ2n) is 12.1. The quantitative estimate of drug-likeness (QED) is 0.191. The average Bonchev–Trinajstić information content (AvgIpc) is 3.16. The number of fused-ring (bicyclic) bond motifs is 4. The molecule has 0 N–H and O–H groups in total. The van der Waals surface area contributed by atoms with E-state index in [1.54, 1.807) is 0 Å². The molecule has 2 heteroatoms. The molecular formula is C46H31NO. The Morgan fingerprint density at radius 3 is 1.60 bits per heavy atom. The van der Waals surface area contributed by atoms with Crippen molar-refractivity contribution < 1.29 is 4.74 Å². The van der Waals surface area contributed by atoms with E-state index in [0.29, 0.717) is 0 Å². The van der Waals surface area contributed by atoms with Gasteiger partial charge in [-0.1, -0.05) is 158 Å². The first-order valence-electron chi connectivity index (χ1n) is 16.4. The molecule has 0 fully saturated rings. The van der Waals surface area contributed by atoms with Crippen LogP contribution in [0.25, 0.3) is 55.3 Å². The highest BCUT2D eigenvalue weighted by molar-refractivity contribution is 6.09. The third-order valence-electron chi connectivity index (χ3n) is 9.28. The molecule has 1 aliphatic heterocycles. The maximum absolute atomic E-state index is 7.12. The van der Waals surface area contributed by atoms with Crippen LogP contribution in [0, 0.1) is 0 Å². The molecule has 0 saturated carbocycles. The Hall–Kier alpha value is -6.38. The van der Waals surface area contributed by atoms with Crippen LogP contribution >= 0.6 is 0 Å². The Kier molecular flexibility index (Phi) is 6.84. The SMILES string of the molecule is c1ccc(-c2ccc(N(c3ccccc3-c3ccccc3)c3cccc4c3Oc3ccccc3-c3cccc5cccc-4c35)cc2)cc1. The maximum atomic E-state index is 7.12. The van der Waals surface area contributed by atoms with Crippen molar-refractivity contribution in [1.82, 2.24) is 0 Å². The van der Waals surface area contributed by atoms with Crippen molar-refractivity contribution in [2.24, 2.45) is 0 Å². The van der Waals surface area contributed by atoms with E-state index in [1.165, 1.54) is 27.5 Å². The molecule has 48 heavy (non-hydrogen) atoms. The summed E-state index contributed by atoms with van der Waals surface area (Å²) in [6, 6.07) is 66.7. The Morgan fingerprint density at radius 2 is 0.854 bits per heavy atom. The lowest BCUT2D eigenvalue weighted by molar-refractivity contribution is 0.487. The van der Waals surface area contributed by atoms with E-state index < -0.39 is 0 Å². The zero-order valence-electron chi connectivity index (χ0n) is 26.3. The van der Waals surface area contributed by atoms with Crippen molar-refractivity contribution in [2.45, 2.75) is 0 Å². The number of para-hydroxylation sites is 3. The standard InChI is InChI=1S/C46H31NO/c1-3-14-32(15-4-1)33-28-30-36(31-29-33)47(42-25-9-7-20-37(42)34-16-5-2-6-17-34)43-26-13-24-41-40-23-12-19-35-18-11-22-39(45(35)40)38-21-8-10-27-44(38)48-46(41)43/h1-31H. The zero-order chi connectivity index (χ0) is 31.9.